The molecular formula is C28H35N3O4S. The Balaban J connectivity index is 1.71. The van der Waals surface area contributed by atoms with Gasteiger partial charge in [0.05, 0.1) is 9.82 Å². The Morgan fingerprint density at radius 3 is 1.78 bits per heavy atom. The van der Waals surface area contributed by atoms with E-state index in [0.29, 0.717) is 13.1 Å². The van der Waals surface area contributed by atoms with Gasteiger partial charge in [0.15, 0.2) is 0 Å². The lowest BCUT2D eigenvalue weighted by atomic mass is 9.89. The molecule has 3 aromatic carbocycles. The average molecular weight is 510 g/mol. The van der Waals surface area contributed by atoms with Crippen molar-refractivity contribution in [3.63, 3.8) is 0 Å². The van der Waals surface area contributed by atoms with Crippen LogP contribution in [0.15, 0.2) is 89.8 Å². The molecule has 0 aliphatic heterocycles. The van der Waals surface area contributed by atoms with Crippen molar-refractivity contribution in [1.82, 2.24) is 9.21 Å². The van der Waals surface area contributed by atoms with Gasteiger partial charge in [-0.25, -0.2) is 8.42 Å². The molecule has 0 heterocycles. The van der Waals surface area contributed by atoms with Gasteiger partial charge in [0.1, 0.15) is 0 Å². The molecule has 0 radical (unpaired) electrons. The highest BCUT2D eigenvalue weighted by Gasteiger charge is 2.30. The van der Waals surface area contributed by atoms with Crippen molar-refractivity contribution in [3.05, 3.63) is 106 Å². The van der Waals surface area contributed by atoms with Crippen LogP contribution in [-0.2, 0) is 23.1 Å². The summed E-state index contributed by atoms with van der Waals surface area (Å²) in [5.74, 6) is 0. The molecule has 8 heteroatoms. The number of nitro groups is 1. The van der Waals surface area contributed by atoms with Crippen LogP contribution in [0.25, 0.3) is 0 Å². The van der Waals surface area contributed by atoms with Gasteiger partial charge >= 0.3 is 0 Å². The quantitative estimate of drug-likeness (QED) is 0.217. The highest BCUT2D eigenvalue weighted by atomic mass is 32.2. The fraction of sp³-hybridized carbons (Fsp3) is 0.357. The topological polar surface area (TPSA) is 83.8 Å². The lowest BCUT2D eigenvalue weighted by molar-refractivity contribution is -0.384. The summed E-state index contributed by atoms with van der Waals surface area (Å²) in [5.41, 5.74) is 2.06. The van der Waals surface area contributed by atoms with E-state index in [1.165, 1.54) is 39.7 Å². The Labute approximate surface area is 214 Å². The Hall–Kier alpha value is -3.07. The number of benzene rings is 3. The summed E-state index contributed by atoms with van der Waals surface area (Å²) in [4.78, 5) is 12.9. The van der Waals surface area contributed by atoms with Crippen molar-refractivity contribution < 1.29 is 13.3 Å². The van der Waals surface area contributed by atoms with Crippen LogP contribution in [0.2, 0.25) is 0 Å². The van der Waals surface area contributed by atoms with Crippen molar-refractivity contribution in [2.75, 3.05) is 19.6 Å². The van der Waals surface area contributed by atoms with Gasteiger partial charge in [-0.1, -0.05) is 81.4 Å². The minimum absolute atomic E-state index is 0.0699. The maximum atomic E-state index is 13.3. The van der Waals surface area contributed by atoms with E-state index in [2.05, 4.69) is 43.0 Å². The third kappa shape index (κ3) is 7.71. The van der Waals surface area contributed by atoms with Gasteiger partial charge in [-0.3, -0.25) is 15.0 Å². The monoisotopic (exact) mass is 509 g/mol. The second-order valence-electron chi connectivity index (χ2n) is 9.78. The zero-order valence-electron chi connectivity index (χ0n) is 21.2. The third-order valence-corrected chi connectivity index (χ3v) is 8.18. The van der Waals surface area contributed by atoms with E-state index < -0.39 is 14.9 Å². The summed E-state index contributed by atoms with van der Waals surface area (Å²) < 4.78 is 28.0. The van der Waals surface area contributed by atoms with Crippen molar-refractivity contribution in [1.29, 1.82) is 0 Å². The number of nitrogens with zero attached hydrogens (tertiary/aromatic N) is 3. The van der Waals surface area contributed by atoms with Gasteiger partial charge in [-0.15, -0.1) is 0 Å². The van der Waals surface area contributed by atoms with Crippen molar-refractivity contribution >= 4 is 15.7 Å². The van der Waals surface area contributed by atoms with E-state index in [9.17, 15) is 18.5 Å². The number of non-ortho nitro benzene ring substituents is 1. The summed E-state index contributed by atoms with van der Waals surface area (Å²) >= 11 is 0. The molecule has 0 saturated carbocycles. The van der Waals surface area contributed by atoms with Crippen LogP contribution in [0.5, 0.6) is 0 Å². The molecule has 36 heavy (non-hydrogen) atoms. The second kappa shape index (κ2) is 12.3. The Morgan fingerprint density at radius 1 is 0.833 bits per heavy atom. The van der Waals surface area contributed by atoms with Crippen molar-refractivity contribution in [2.45, 2.75) is 45.2 Å². The molecule has 0 aliphatic rings. The molecule has 0 spiro atoms. The summed E-state index contributed by atoms with van der Waals surface area (Å²) in [5, 5.41) is 10.9. The molecule has 0 N–H and O–H groups in total. The molecule has 0 atom stereocenters. The van der Waals surface area contributed by atoms with E-state index in [4.69, 9.17) is 0 Å². The molecule has 3 aromatic rings. The fourth-order valence-electron chi connectivity index (χ4n) is 4.17. The average Bonchev–Trinajstić information content (AvgIpc) is 2.87. The Morgan fingerprint density at radius 2 is 1.33 bits per heavy atom. The molecule has 7 nitrogen and oxygen atoms in total. The molecule has 0 amide bonds. The van der Waals surface area contributed by atoms with Crippen LogP contribution in [0, 0.1) is 15.5 Å². The van der Waals surface area contributed by atoms with E-state index >= 15 is 0 Å². The van der Waals surface area contributed by atoms with Gasteiger partial charge in [-0.2, -0.15) is 4.31 Å². The minimum Gasteiger partial charge on any atom is -0.295 e. The van der Waals surface area contributed by atoms with Gasteiger partial charge in [-0.05, 0) is 41.6 Å². The highest BCUT2D eigenvalue weighted by molar-refractivity contribution is 7.89. The van der Waals surface area contributed by atoms with Gasteiger partial charge in [0, 0.05) is 38.3 Å². The first-order valence-corrected chi connectivity index (χ1v) is 13.6. The lowest BCUT2D eigenvalue weighted by Gasteiger charge is -2.34. The van der Waals surface area contributed by atoms with Crippen molar-refractivity contribution in [3.8, 4) is 0 Å². The summed E-state index contributed by atoms with van der Waals surface area (Å²) in [6.45, 7) is 9.10. The first kappa shape index (κ1) is 27.5. The molecule has 0 unspecified atom stereocenters. The smallest absolute Gasteiger partial charge is 0.269 e. The van der Waals surface area contributed by atoms with Crippen LogP contribution >= 0.6 is 0 Å². The minimum atomic E-state index is -3.77. The Kier molecular flexibility index (Phi) is 9.37. The largest absolute Gasteiger partial charge is 0.295 e. The van der Waals surface area contributed by atoms with Crippen LogP contribution < -0.4 is 0 Å². The summed E-state index contributed by atoms with van der Waals surface area (Å²) in [6, 6.07) is 25.8. The van der Waals surface area contributed by atoms with Crippen LogP contribution in [0.3, 0.4) is 0 Å². The zero-order chi connectivity index (χ0) is 26.2. The highest BCUT2D eigenvalue weighted by Crippen LogP contribution is 2.27. The normalized spacial score (nSPS) is 12.2. The molecular weight excluding hydrogens is 474 g/mol. The number of hydrogen-bond donors (Lipinski definition) is 0. The zero-order valence-corrected chi connectivity index (χ0v) is 22.0. The van der Waals surface area contributed by atoms with Gasteiger partial charge in [0.2, 0.25) is 10.0 Å². The maximum Gasteiger partial charge on any atom is 0.269 e. The lowest BCUT2D eigenvalue weighted by Crippen LogP contribution is -2.40. The maximum absolute atomic E-state index is 13.3. The number of rotatable bonds is 13. The predicted molar refractivity (Wildman–Crippen MR) is 143 cm³/mol. The van der Waals surface area contributed by atoms with Crippen LogP contribution in [-0.4, -0.2) is 42.2 Å². The molecule has 3 rings (SSSR count). The van der Waals surface area contributed by atoms with E-state index in [-0.39, 0.29) is 16.0 Å². The number of hydrogen-bond acceptors (Lipinski definition) is 5. The fourth-order valence-corrected chi connectivity index (χ4v) is 5.81. The first-order valence-electron chi connectivity index (χ1n) is 12.2. The number of sulfonamides is 1. The van der Waals surface area contributed by atoms with E-state index in [0.717, 1.165) is 26.1 Å². The SMILES string of the molecule is CCN(CC(C)(C)CCN(Cc1ccccc1)Cc1ccccc1)S(=O)(=O)c1ccc([N+](=O)[O-])cc1. The number of nitro benzene ring substituents is 1. The Bertz CT molecular complexity index is 1170. The summed E-state index contributed by atoms with van der Waals surface area (Å²) in [6.07, 6.45) is 0.805. The molecule has 0 saturated heterocycles. The van der Waals surface area contributed by atoms with Gasteiger partial charge in [0.25, 0.3) is 5.69 Å². The van der Waals surface area contributed by atoms with Crippen LogP contribution in [0.4, 0.5) is 5.69 Å². The summed E-state index contributed by atoms with van der Waals surface area (Å²) in [7, 11) is -3.77. The molecule has 0 aromatic heterocycles. The van der Waals surface area contributed by atoms with E-state index in [1.54, 1.807) is 0 Å². The predicted octanol–water partition coefficient (Wildman–Crippen LogP) is 5.72. The second-order valence-corrected chi connectivity index (χ2v) is 11.7. The molecule has 0 fully saturated rings. The standard InChI is InChI=1S/C28H35N3O4S/c1-4-30(36(34,35)27-17-15-26(16-18-27)31(32)33)23-28(2,3)19-20-29(21-24-11-7-5-8-12-24)22-25-13-9-6-10-14-25/h5-18H,4,19-23H2,1-3H3. The van der Waals surface area contributed by atoms with Crippen LogP contribution in [0.1, 0.15) is 38.3 Å². The van der Waals surface area contributed by atoms with Gasteiger partial charge < -0.3 is 0 Å². The first-order chi connectivity index (χ1) is 17.1. The molecule has 192 valence electrons. The molecule has 0 bridgehead atoms. The third-order valence-electron chi connectivity index (χ3n) is 6.25. The van der Waals surface area contributed by atoms with E-state index in [1.807, 2.05) is 43.3 Å². The van der Waals surface area contributed by atoms with Crippen molar-refractivity contribution in [2.24, 2.45) is 5.41 Å². The molecule has 0 aliphatic carbocycles.